The Hall–Kier alpha value is -4.45. The number of ether oxygens (including phenoxy) is 2. The number of Topliss-reactive ketones (excluding diaryl/α,β-unsaturated/α-hetero) is 1. The van der Waals surface area contributed by atoms with Crippen molar-refractivity contribution in [2.24, 2.45) is 4.99 Å². The van der Waals surface area contributed by atoms with Gasteiger partial charge in [-0.2, -0.15) is 5.26 Å². The summed E-state index contributed by atoms with van der Waals surface area (Å²) in [5, 5.41) is 16.5. The number of nitrogens with one attached hydrogen (secondary N) is 2. The molecule has 0 bridgehead atoms. The first kappa shape index (κ1) is 44.3. The van der Waals surface area contributed by atoms with Crippen LogP contribution in [-0.4, -0.2) is 77.4 Å². The van der Waals surface area contributed by atoms with Gasteiger partial charge in [0.2, 0.25) is 0 Å². The third-order valence-corrected chi connectivity index (χ3v) is 10.8. The van der Waals surface area contributed by atoms with Crippen LogP contribution in [0.15, 0.2) is 23.1 Å². The van der Waals surface area contributed by atoms with Gasteiger partial charge in [0.15, 0.2) is 11.6 Å². The summed E-state index contributed by atoms with van der Waals surface area (Å²) < 4.78 is 43.9. The number of carbonyl (C=O) groups excluding carboxylic acids is 2. The van der Waals surface area contributed by atoms with Crippen LogP contribution < -0.4 is 10.6 Å². The molecule has 0 spiro atoms. The van der Waals surface area contributed by atoms with Crippen LogP contribution in [0.2, 0.25) is 0 Å². The number of benzene rings is 1. The van der Waals surface area contributed by atoms with Gasteiger partial charge in [0.1, 0.15) is 40.2 Å². The molecule has 11 nitrogen and oxygen atoms in total. The molecule has 0 aliphatic carbocycles. The Morgan fingerprint density at radius 1 is 1.16 bits per heavy atom. The number of aliphatic imine (C=N–C) groups is 1. The van der Waals surface area contributed by atoms with Gasteiger partial charge in [-0.1, -0.05) is 47.0 Å². The number of anilines is 1. The number of amides is 1. The van der Waals surface area contributed by atoms with E-state index in [1.165, 1.54) is 19.8 Å². The van der Waals surface area contributed by atoms with Gasteiger partial charge < -0.3 is 24.6 Å². The van der Waals surface area contributed by atoms with Crippen molar-refractivity contribution >= 4 is 44.1 Å². The average molecular weight is 794 g/mol. The highest BCUT2D eigenvalue weighted by molar-refractivity contribution is 7.23. The van der Waals surface area contributed by atoms with Crippen LogP contribution in [-0.2, 0) is 27.5 Å². The number of rotatable bonds is 12. The first-order valence-corrected chi connectivity index (χ1v) is 20.2. The lowest BCUT2D eigenvalue weighted by molar-refractivity contribution is -0.118. The van der Waals surface area contributed by atoms with E-state index in [0.29, 0.717) is 35.0 Å². The minimum atomic E-state index is -0.816. The van der Waals surface area contributed by atoms with Crippen molar-refractivity contribution < 1.29 is 27.8 Å². The fourth-order valence-corrected chi connectivity index (χ4v) is 7.49. The average Bonchev–Trinajstić information content (AvgIpc) is 3.72. The summed E-state index contributed by atoms with van der Waals surface area (Å²) in [4.78, 5) is 39.2. The van der Waals surface area contributed by atoms with Crippen LogP contribution in [0.1, 0.15) is 115 Å². The molecule has 1 amide bonds. The number of thiophene rings is 1. The zero-order valence-electron chi connectivity index (χ0n) is 34.7. The monoisotopic (exact) mass is 793 g/mol. The van der Waals surface area contributed by atoms with E-state index in [4.69, 9.17) is 14.5 Å². The number of nitriles is 1. The van der Waals surface area contributed by atoms with Crippen molar-refractivity contribution in [3.05, 3.63) is 57.5 Å². The van der Waals surface area contributed by atoms with E-state index in [0.717, 1.165) is 49.3 Å². The highest BCUT2D eigenvalue weighted by Gasteiger charge is 2.35. The van der Waals surface area contributed by atoms with Gasteiger partial charge in [-0.15, -0.1) is 11.3 Å². The number of pyridine rings is 1. The zero-order chi connectivity index (χ0) is 41.5. The molecule has 3 aromatic rings. The number of unbranched alkanes of at least 4 members (excludes halogenated alkanes) is 1. The highest BCUT2D eigenvalue weighted by atomic mass is 32.1. The fourth-order valence-electron chi connectivity index (χ4n) is 6.45. The Bertz CT molecular complexity index is 2020. The Morgan fingerprint density at radius 2 is 1.82 bits per heavy atom. The fraction of sp³-hybridized carbons (Fsp3) is 0.548. The van der Waals surface area contributed by atoms with E-state index in [1.807, 2.05) is 27.9 Å². The lowest BCUT2D eigenvalue weighted by Gasteiger charge is -2.45. The van der Waals surface area contributed by atoms with Crippen LogP contribution in [0, 0.1) is 29.9 Å². The topological polar surface area (TPSA) is 132 Å². The molecule has 1 saturated heterocycles. The number of aromatic nitrogens is 1. The maximum Gasteiger partial charge on any atom is 0.412 e. The Labute approximate surface area is 334 Å². The van der Waals surface area contributed by atoms with Crippen molar-refractivity contribution in [3.8, 4) is 17.3 Å². The van der Waals surface area contributed by atoms with Crippen LogP contribution in [0.3, 0.4) is 0 Å². The molecule has 1 aromatic carbocycles. The number of hydrogen-bond donors (Lipinski definition) is 2. The molecule has 304 valence electrons. The third-order valence-electron chi connectivity index (χ3n) is 9.65. The first-order chi connectivity index (χ1) is 26.5. The molecule has 0 saturated carbocycles. The van der Waals surface area contributed by atoms with Crippen molar-refractivity contribution in [2.75, 3.05) is 32.5 Å². The number of amidine groups is 1. The van der Waals surface area contributed by atoms with E-state index in [2.05, 4.69) is 51.4 Å². The number of hydrogen-bond acceptors (Lipinski definition) is 10. The molecule has 1 fully saturated rings. The molecule has 1 unspecified atom stereocenters. The van der Waals surface area contributed by atoms with Gasteiger partial charge in [0, 0.05) is 35.6 Å². The van der Waals surface area contributed by atoms with E-state index in [1.54, 1.807) is 27.7 Å². The molecule has 2 N–H and O–H groups in total. The predicted molar refractivity (Wildman–Crippen MR) is 220 cm³/mol. The van der Waals surface area contributed by atoms with Gasteiger partial charge >= 0.3 is 6.09 Å². The van der Waals surface area contributed by atoms with Gasteiger partial charge in [0.05, 0.1) is 35.4 Å². The van der Waals surface area contributed by atoms with Crippen LogP contribution in [0.4, 0.5) is 18.6 Å². The third kappa shape index (κ3) is 9.91. The molecule has 14 heteroatoms. The van der Waals surface area contributed by atoms with E-state index >= 15 is 8.78 Å². The quantitative estimate of drug-likeness (QED) is 0.136. The number of allylic oxidation sites excluding steroid dienone is 1. The summed E-state index contributed by atoms with van der Waals surface area (Å²) in [6.07, 6.45) is 6.85. The highest BCUT2D eigenvalue weighted by Crippen LogP contribution is 2.45. The Morgan fingerprint density at radius 3 is 2.38 bits per heavy atom. The molecular formula is C42H57F2N7O4S. The molecule has 0 radical (unpaired) electrons. The summed E-state index contributed by atoms with van der Waals surface area (Å²) in [5.41, 5.74) is 1.11. The molecule has 2 aliphatic rings. The van der Waals surface area contributed by atoms with Crippen LogP contribution in [0.5, 0.6) is 0 Å². The standard InChI is InChI=1S/C38H47F2N7O4S.C4H10/c1-10-12-27(21(4)48)43-35(44-28(13-11-2)47-16-22(17-47)46(8)9)29-20(3)32(40)30(25-19-50-18-24(25)29)33-31-23(14-41)36(45-37(49)51-38(5,6)7)52-34(31)26(39)15-42-33;1-3-4-2/h13,15,22,27H,10-12,16-19H2,1-9H3,(H,43,44)(H,45,49);3-4H2,1-2H3/b28-13-;. The second-order valence-electron chi connectivity index (χ2n) is 15.4. The largest absolute Gasteiger partial charge is 0.444 e. The number of likely N-dealkylation sites (tertiary alicyclic amines) is 1. The normalized spacial score (nSPS) is 15.2. The molecule has 2 aliphatic heterocycles. The number of nitrogens with zero attached hydrogens (tertiary/aromatic N) is 5. The summed E-state index contributed by atoms with van der Waals surface area (Å²) in [5.74, 6) is -0.282. The number of fused-ring (bicyclic) bond motifs is 2. The summed E-state index contributed by atoms with van der Waals surface area (Å²) in [7, 11) is 4.09. The predicted octanol–water partition coefficient (Wildman–Crippen LogP) is 9.20. The second-order valence-corrected chi connectivity index (χ2v) is 16.4. The summed E-state index contributed by atoms with van der Waals surface area (Å²) in [6.45, 7) is 18.3. The lowest BCUT2D eigenvalue weighted by atomic mass is 9.89. The Kier molecular flexibility index (Phi) is 15.1. The number of carbonyl (C=O) groups is 2. The molecule has 4 heterocycles. The maximum atomic E-state index is 17.2. The first-order valence-electron chi connectivity index (χ1n) is 19.4. The molecule has 5 rings (SSSR count). The van der Waals surface area contributed by atoms with E-state index < -0.39 is 29.4 Å². The van der Waals surface area contributed by atoms with Gasteiger partial charge in [-0.05, 0) is 84.3 Å². The second kappa shape index (κ2) is 19.1. The number of halogens is 2. The van der Waals surface area contributed by atoms with Crippen LogP contribution in [0.25, 0.3) is 21.3 Å². The van der Waals surface area contributed by atoms with E-state index in [9.17, 15) is 14.9 Å². The van der Waals surface area contributed by atoms with Gasteiger partial charge in [0.25, 0.3) is 0 Å². The van der Waals surface area contributed by atoms with Crippen molar-refractivity contribution in [2.45, 2.75) is 125 Å². The number of likely N-dealkylation sites (N-methyl/N-ethyl adjacent to an activating group) is 1. The van der Waals surface area contributed by atoms with Crippen LogP contribution >= 0.6 is 11.3 Å². The SMILES string of the molecule is CC/C=C(/NC(=NC(CCC)C(C)=O)c1c(C)c(F)c(-c2ncc(F)c3sc(NC(=O)OC(C)(C)C)c(C#N)c23)c2c1COC2)N1CC(N(C)C)C1.CCCC. The van der Waals surface area contributed by atoms with Crippen molar-refractivity contribution in [1.29, 1.82) is 5.26 Å². The summed E-state index contributed by atoms with van der Waals surface area (Å²) >= 11 is 0.849. The minimum Gasteiger partial charge on any atom is -0.444 e. The Balaban J connectivity index is 0.00000166. The van der Waals surface area contributed by atoms with Crippen molar-refractivity contribution in [1.82, 2.24) is 20.1 Å². The van der Waals surface area contributed by atoms with Gasteiger partial charge in [-0.3, -0.25) is 20.1 Å². The number of ketones is 1. The van der Waals surface area contributed by atoms with Gasteiger partial charge in [-0.25, -0.2) is 13.6 Å². The molecular weight excluding hydrogens is 737 g/mol. The smallest absolute Gasteiger partial charge is 0.412 e. The lowest BCUT2D eigenvalue weighted by Crippen LogP contribution is -2.58. The zero-order valence-corrected chi connectivity index (χ0v) is 35.5. The minimum absolute atomic E-state index is 0.0249. The molecule has 2 aromatic heterocycles. The molecule has 56 heavy (non-hydrogen) atoms. The van der Waals surface area contributed by atoms with Crippen molar-refractivity contribution in [3.63, 3.8) is 0 Å². The van der Waals surface area contributed by atoms with E-state index in [-0.39, 0.29) is 56.5 Å². The summed E-state index contributed by atoms with van der Waals surface area (Å²) in [6, 6.07) is 1.79. The molecule has 1 atom stereocenters. The maximum absolute atomic E-state index is 17.2.